The molecule has 0 nitrogen and oxygen atoms in total. The molecule has 2 aliphatic carbocycles. The van der Waals surface area contributed by atoms with Gasteiger partial charge in [-0.3, -0.25) is 0 Å². The zero-order valence-corrected chi connectivity index (χ0v) is 13.8. The molecule has 0 aromatic heterocycles. The van der Waals surface area contributed by atoms with Gasteiger partial charge >= 0.3 is 0 Å². The lowest BCUT2D eigenvalue weighted by Crippen LogP contribution is -2.47. The van der Waals surface area contributed by atoms with E-state index in [0.717, 1.165) is 12.8 Å². The van der Waals surface area contributed by atoms with E-state index in [1.54, 1.807) is 0 Å². The molecule has 0 unspecified atom stereocenters. The molecule has 2 atom stereocenters. The van der Waals surface area contributed by atoms with Crippen LogP contribution in [-0.2, 0) is 0 Å². The van der Waals surface area contributed by atoms with E-state index in [-0.39, 0.29) is 10.8 Å². The standard InChI is InChI=1S/C15H20Br2/c1-11-4-5-13(17)14(2,3)15(11)8-6-12(10-16)7-9-15/h6,8,10,13H,1,4-5,7,9H2,2-3H3/b12-10+/t13-,15-/m1/s1. The van der Waals surface area contributed by atoms with Crippen LogP contribution in [0.15, 0.2) is 34.9 Å². The number of alkyl halides is 1. The molecule has 2 rings (SSSR count). The van der Waals surface area contributed by atoms with Gasteiger partial charge in [0.1, 0.15) is 0 Å². The second-order valence-corrected chi connectivity index (χ2v) is 7.38. The van der Waals surface area contributed by atoms with Gasteiger partial charge < -0.3 is 0 Å². The van der Waals surface area contributed by atoms with Crippen molar-refractivity contribution in [3.63, 3.8) is 0 Å². The quantitative estimate of drug-likeness (QED) is 0.382. The van der Waals surface area contributed by atoms with Gasteiger partial charge in [0.05, 0.1) is 0 Å². The summed E-state index contributed by atoms with van der Waals surface area (Å²) in [6.07, 6.45) is 9.37. The third kappa shape index (κ3) is 2.02. The maximum atomic E-state index is 4.37. The molecular weight excluding hydrogens is 340 g/mol. The summed E-state index contributed by atoms with van der Waals surface area (Å²) in [5.74, 6) is 0. The minimum absolute atomic E-state index is 0.179. The Kier molecular flexibility index (Phi) is 3.76. The summed E-state index contributed by atoms with van der Waals surface area (Å²) in [6.45, 7) is 9.13. The van der Waals surface area contributed by atoms with Crippen molar-refractivity contribution in [1.82, 2.24) is 0 Å². The number of halogens is 2. The molecule has 17 heavy (non-hydrogen) atoms. The van der Waals surface area contributed by atoms with Gasteiger partial charge in [0.15, 0.2) is 0 Å². The molecule has 0 aliphatic heterocycles. The minimum atomic E-state index is 0.179. The van der Waals surface area contributed by atoms with Crippen molar-refractivity contribution in [3.05, 3.63) is 34.9 Å². The third-order valence-electron chi connectivity index (χ3n) is 4.79. The third-order valence-corrected chi connectivity index (χ3v) is 6.98. The monoisotopic (exact) mass is 358 g/mol. The summed E-state index contributed by atoms with van der Waals surface area (Å²) in [5, 5.41) is 0. The number of hydrogen-bond acceptors (Lipinski definition) is 0. The van der Waals surface area contributed by atoms with Crippen LogP contribution in [-0.4, -0.2) is 4.83 Å². The molecule has 2 heteroatoms. The van der Waals surface area contributed by atoms with E-state index in [0.29, 0.717) is 4.83 Å². The van der Waals surface area contributed by atoms with Crippen LogP contribution in [0, 0.1) is 10.8 Å². The Balaban J connectivity index is 2.43. The predicted octanol–water partition coefficient (Wildman–Crippen LogP) is 5.74. The van der Waals surface area contributed by atoms with Gasteiger partial charge in [-0.15, -0.1) is 0 Å². The predicted molar refractivity (Wildman–Crippen MR) is 82.7 cm³/mol. The molecule has 0 saturated heterocycles. The summed E-state index contributed by atoms with van der Waals surface area (Å²) in [4.78, 5) is 2.63. The zero-order valence-electron chi connectivity index (χ0n) is 10.6. The van der Waals surface area contributed by atoms with E-state index < -0.39 is 0 Å². The Morgan fingerprint density at radius 3 is 2.65 bits per heavy atom. The highest BCUT2D eigenvalue weighted by Crippen LogP contribution is 2.60. The van der Waals surface area contributed by atoms with Crippen molar-refractivity contribution >= 4 is 31.9 Å². The van der Waals surface area contributed by atoms with E-state index in [1.165, 1.54) is 24.0 Å². The first-order chi connectivity index (χ1) is 7.94. The number of rotatable bonds is 0. The average molecular weight is 360 g/mol. The summed E-state index contributed by atoms with van der Waals surface area (Å²) >= 11 is 7.32. The van der Waals surface area contributed by atoms with Gasteiger partial charge in [-0.05, 0) is 41.7 Å². The topological polar surface area (TPSA) is 0 Å². The molecule has 0 bridgehead atoms. The zero-order chi connectivity index (χ0) is 12.7. The van der Waals surface area contributed by atoms with Gasteiger partial charge in [0.2, 0.25) is 0 Å². The van der Waals surface area contributed by atoms with Crippen LogP contribution >= 0.6 is 31.9 Å². The normalized spacial score (nSPS) is 38.9. The highest BCUT2D eigenvalue weighted by atomic mass is 79.9. The van der Waals surface area contributed by atoms with Crippen LogP contribution in [0.2, 0.25) is 0 Å². The van der Waals surface area contributed by atoms with Gasteiger partial charge in [-0.1, -0.05) is 70.0 Å². The molecular formula is C15H20Br2. The summed E-state index contributed by atoms with van der Waals surface area (Å²) < 4.78 is 0. The molecule has 0 aromatic carbocycles. The van der Waals surface area contributed by atoms with Gasteiger partial charge in [-0.2, -0.15) is 0 Å². The molecule has 0 radical (unpaired) electrons. The van der Waals surface area contributed by atoms with Crippen LogP contribution in [0.3, 0.4) is 0 Å². The number of allylic oxidation sites excluding steroid dienone is 4. The molecule has 0 aromatic rings. The highest BCUT2D eigenvalue weighted by molar-refractivity contribution is 9.11. The summed E-state index contributed by atoms with van der Waals surface area (Å²) in [5.41, 5.74) is 3.23. The van der Waals surface area contributed by atoms with Crippen LogP contribution in [0.4, 0.5) is 0 Å². The lowest BCUT2D eigenvalue weighted by Gasteiger charge is -2.54. The molecule has 1 spiro atoms. The SMILES string of the molecule is C=C1CC[C@@H](Br)C(C)(C)[C@@]12C=C/C(=C\Br)CC2. The largest absolute Gasteiger partial charge is 0.0990 e. The maximum Gasteiger partial charge on any atom is 0.0211 e. The van der Waals surface area contributed by atoms with Crippen molar-refractivity contribution in [1.29, 1.82) is 0 Å². The number of hydrogen-bond donors (Lipinski definition) is 0. The molecule has 0 heterocycles. The Morgan fingerprint density at radius 2 is 2.12 bits per heavy atom. The first kappa shape index (κ1) is 13.6. The van der Waals surface area contributed by atoms with Crippen molar-refractivity contribution in [2.24, 2.45) is 10.8 Å². The van der Waals surface area contributed by atoms with Gasteiger partial charge in [-0.25, -0.2) is 0 Å². The van der Waals surface area contributed by atoms with Crippen LogP contribution in [0.25, 0.3) is 0 Å². The summed E-state index contributed by atoms with van der Waals surface area (Å²) in [7, 11) is 0. The van der Waals surface area contributed by atoms with Gasteiger partial charge in [0.25, 0.3) is 0 Å². The van der Waals surface area contributed by atoms with Gasteiger partial charge in [0, 0.05) is 10.2 Å². The molecule has 0 N–H and O–H groups in total. The van der Waals surface area contributed by atoms with Crippen molar-refractivity contribution < 1.29 is 0 Å². The van der Waals surface area contributed by atoms with Crippen LogP contribution in [0.1, 0.15) is 39.5 Å². The Bertz CT molecular complexity index is 390. The lowest BCUT2D eigenvalue weighted by molar-refractivity contribution is 0.115. The second kappa shape index (κ2) is 4.70. The van der Waals surface area contributed by atoms with E-state index in [4.69, 9.17) is 0 Å². The van der Waals surface area contributed by atoms with E-state index >= 15 is 0 Å². The van der Waals surface area contributed by atoms with E-state index in [2.05, 4.69) is 64.4 Å². The van der Waals surface area contributed by atoms with Crippen LogP contribution in [0.5, 0.6) is 0 Å². The molecule has 2 aliphatic rings. The fourth-order valence-electron chi connectivity index (χ4n) is 3.30. The van der Waals surface area contributed by atoms with Crippen molar-refractivity contribution in [2.45, 2.75) is 44.4 Å². The molecule has 94 valence electrons. The minimum Gasteiger partial charge on any atom is -0.0990 e. The Labute approximate surface area is 122 Å². The second-order valence-electron chi connectivity index (χ2n) is 5.82. The first-order valence-electron chi connectivity index (χ1n) is 6.25. The Morgan fingerprint density at radius 1 is 1.41 bits per heavy atom. The fraction of sp³-hybridized carbons (Fsp3) is 0.600. The van der Waals surface area contributed by atoms with Crippen LogP contribution < -0.4 is 0 Å². The van der Waals surface area contributed by atoms with E-state index in [1.807, 2.05) is 4.99 Å². The lowest BCUT2D eigenvalue weighted by atomic mass is 9.52. The summed E-state index contributed by atoms with van der Waals surface area (Å²) in [6, 6.07) is 0. The van der Waals surface area contributed by atoms with Crippen molar-refractivity contribution in [2.75, 3.05) is 0 Å². The average Bonchev–Trinajstić information content (AvgIpc) is 2.33. The maximum absolute atomic E-state index is 4.37. The highest BCUT2D eigenvalue weighted by Gasteiger charge is 2.51. The smallest absolute Gasteiger partial charge is 0.0211 e. The molecule has 1 fully saturated rings. The molecule has 0 amide bonds. The van der Waals surface area contributed by atoms with E-state index in [9.17, 15) is 0 Å². The van der Waals surface area contributed by atoms with Crippen molar-refractivity contribution in [3.8, 4) is 0 Å². The first-order valence-corrected chi connectivity index (χ1v) is 8.08. The molecule has 1 saturated carbocycles. The fourth-order valence-corrected chi connectivity index (χ4v) is 4.32. The Hall–Kier alpha value is 0.180.